The SMILES string of the molecule is Fc1ccccc1-c1nc2nc3ccccc3nc2n1C1CCCC1. The van der Waals surface area contributed by atoms with Gasteiger partial charge in [0.25, 0.3) is 0 Å². The molecule has 2 aromatic heterocycles. The van der Waals surface area contributed by atoms with Gasteiger partial charge in [-0.25, -0.2) is 19.3 Å². The average Bonchev–Trinajstić information content (AvgIpc) is 3.27. The van der Waals surface area contributed by atoms with Gasteiger partial charge in [0, 0.05) is 6.04 Å². The van der Waals surface area contributed by atoms with Crippen molar-refractivity contribution in [3.05, 3.63) is 54.3 Å². The van der Waals surface area contributed by atoms with Gasteiger partial charge in [-0.1, -0.05) is 37.1 Å². The number of rotatable bonds is 2. The number of nitrogens with zero attached hydrogens (tertiary/aromatic N) is 4. The lowest BCUT2D eigenvalue weighted by Crippen LogP contribution is -2.08. The van der Waals surface area contributed by atoms with Crippen molar-refractivity contribution >= 4 is 22.3 Å². The van der Waals surface area contributed by atoms with Gasteiger partial charge in [-0.05, 0) is 37.1 Å². The van der Waals surface area contributed by atoms with Crippen LogP contribution in [0.5, 0.6) is 0 Å². The van der Waals surface area contributed by atoms with Crippen LogP contribution in [0.15, 0.2) is 48.5 Å². The van der Waals surface area contributed by atoms with Gasteiger partial charge in [-0.15, -0.1) is 0 Å². The molecule has 1 fully saturated rings. The highest BCUT2D eigenvalue weighted by Gasteiger charge is 2.26. The van der Waals surface area contributed by atoms with E-state index >= 15 is 0 Å². The smallest absolute Gasteiger partial charge is 0.198 e. The summed E-state index contributed by atoms with van der Waals surface area (Å²) < 4.78 is 16.6. The van der Waals surface area contributed by atoms with E-state index in [0.29, 0.717) is 23.1 Å². The Kier molecular flexibility index (Phi) is 3.26. The van der Waals surface area contributed by atoms with Crippen molar-refractivity contribution in [2.75, 3.05) is 0 Å². The normalized spacial score (nSPS) is 15.4. The zero-order valence-corrected chi connectivity index (χ0v) is 13.7. The lowest BCUT2D eigenvalue weighted by atomic mass is 10.1. The van der Waals surface area contributed by atoms with Gasteiger partial charge in [0.15, 0.2) is 11.3 Å². The third-order valence-corrected chi connectivity index (χ3v) is 5.01. The van der Waals surface area contributed by atoms with E-state index < -0.39 is 0 Å². The van der Waals surface area contributed by atoms with E-state index in [9.17, 15) is 4.39 Å². The first-order chi connectivity index (χ1) is 12.3. The van der Waals surface area contributed by atoms with E-state index in [1.165, 1.54) is 18.9 Å². The van der Waals surface area contributed by atoms with Crippen molar-refractivity contribution in [3.8, 4) is 11.4 Å². The highest BCUT2D eigenvalue weighted by atomic mass is 19.1. The Morgan fingerprint density at radius 3 is 2.28 bits per heavy atom. The Hall–Kier alpha value is -2.82. The second-order valence-electron chi connectivity index (χ2n) is 6.58. The molecule has 1 aliphatic carbocycles. The molecular weight excluding hydrogens is 315 g/mol. The second kappa shape index (κ2) is 5.62. The molecule has 5 heteroatoms. The molecule has 0 radical (unpaired) electrons. The number of hydrogen-bond donors (Lipinski definition) is 0. The Bertz CT molecular complexity index is 1080. The Labute approximate surface area is 144 Å². The predicted octanol–water partition coefficient (Wildman–Crippen LogP) is 4.90. The molecule has 0 N–H and O–H groups in total. The summed E-state index contributed by atoms with van der Waals surface area (Å²) in [5, 5.41) is 0. The zero-order valence-electron chi connectivity index (χ0n) is 13.7. The first-order valence-corrected chi connectivity index (χ1v) is 8.71. The number of aromatic nitrogens is 4. The lowest BCUT2D eigenvalue weighted by Gasteiger charge is -2.16. The van der Waals surface area contributed by atoms with Gasteiger partial charge >= 0.3 is 0 Å². The van der Waals surface area contributed by atoms with Gasteiger partial charge in [-0.2, -0.15) is 0 Å². The van der Waals surface area contributed by atoms with Crippen LogP contribution in [0.4, 0.5) is 4.39 Å². The summed E-state index contributed by atoms with van der Waals surface area (Å²) >= 11 is 0. The van der Waals surface area contributed by atoms with Crippen LogP contribution < -0.4 is 0 Å². The van der Waals surface area contributed by atoms with Crippen molar-refractivity contribution in [3.63, 3.8) is 0 Å². The first kappa shape index (κ1) is 14.5. The predicted molar refractivity (Wildman–Crippen MR) is 95.7 cm³/mol. The largest absolute Gasteiger partial charge is 0.304 e. The zero-order chi connectivity index (χ0) is 16.8. The molecule has 124 valence electrons. The summed E-state index contributed by atoms with van der Waals surface area (Å²) in [6.07, 6.45) is 4.51. The number of halogens is 1. The minimum absolute atomic E-state index is 0.262. The molecule has 0 unspecified atom stereocenters. The molecule has 0 atom stereocenters. The van der Waals surface area contributed by atoms with Crippen molar-refractivity contribution < 1.29 is 4.39 Å². The van der Waals surface area contributed by atoms with E-state index in [0.717, 1.165) is 29.5 Å². The summed E-state index contributed by atoms with van der Waals surface area (Å²) in [6, 6.07) is 14.9. The molecule has 4 nitrogen and oxygen atoms in total. The van der Waals surface area contributed by atoms with Crippen LogP contribution >= 0.6 is 0 Å². The first-order valence-electron chi connectivity index (χ1n) is 8.71. The molecule has 25 heavy (non-hydrogen) atoms. The number of hydrogen-bond acceptors (Lipinski definition) is 3. The maximum absolute atomic E-state index is 14.5. The quantitative estimate of drug-likeness (QED) is 0.524. The molecule has 0 bridgehead atoms. The minimum Gasteiger partial charge on any atom is -0.304 e. The number of para-hydroxylation sites is 2. The summed E-state index contributed by atoms with van der Waals surface area (Å²) in [7, 11) is 0. The van der Waals surface area contributed by atoms with Crippen LogP contribution in [0.25, 0.3) is 33.7 Å². The molecule has 1 aliphatic rings. The van der Waals surface area contributed by atoms with Gasteiger partial charge in [0.1, 0.15) is 11.6 Å². The summed E-state index contributed by atoms with van der Waals surface area (Å²) in [6.45, 7) is 0. The van der Waals surface area contributed by atoms with Crippen molar-refractivity contribution in [1.82, 2.24) is 19.5 Å². The Morgan fingerprint density at radius 1 is 0.840 bits per heavy atom. The Balaban J connectivity index is 1.85. The maximum Gasteiger partial charge on any atom is 0.198 e. The van der Waals surface area contributed by atoms with Crippen molar-refractivity contribution in [2.45, 2.75) is 31.7 Å². The summed E-state index contributed by atoms with van der Waals surface area (Å²) in [4.78, 5) is 14.2. The molecule has 2 aromatic carbocycles. The minimum atomic E-state index is -0.262. The van der Waals surface area contributed by atoms with Gasteiger partial charge in [0.05, 0.1) is 16.6 Å². The fourth-order valence-electron chi connectivity index (χ4n) is 3.81. The molecule has 4 aromatic rings. The van der Waals surface area contributed by atoms with E-state index in [1.54, 1.807) is 12.1 Å². The topological polar surface area (TPSA) is 43.6 Å². The molecule has 0 spiro atoms. The monoisotopic (exact) mass is 332 g/mol. The average molecular weight is 332 g/mol. The fraction of sp³-hybridized carbons (Fsp3) is 0.250. The van der Waals surface area contributed by atoms with Gasteiger partial charge in [0.2, 0.25) is 0 Å². The molecule has 0 aliphatic heterocycles. The maximum atomic E-state index is 14.5. The lowest BCUT2D eigenvalue weighted by molar-refractivity contribution is 0.532. The number of benzene rings is 2. The van der Waals surface area contributed by atoms with Crippen LogP contribution in [0, 0.1) is 5.82 Å². The Morgan fingerprint density at radius 2 is 1.52 bits per heavy atom. The molecule has 2 heterocycles. The van der Waals surface area contributed by atoms with E-state index in [4.69, 9.17) is 4.98 Å². The van der Waals surface area contributed by atoms with E-state index in [1.807, 2.05) is 30.3 Å². The highest BCUT2D eigenvalue weighted by molar-refractivity contribution is 5.85. The van der Waals surface area contributed by atoms with Crippen LogP contribution in [-0.2, 0) is 0 Å². The van der Waals surface area contributed by atoms with Crippen molar-refractivity contribution in [1.29, 1.82) is 0 Å². The van der Waals surface area contributed by atoms with Crippen LogP contribution in [-0.4, -0.2) is 19.5 Å². The van der Waals surface area contributed by atoms with Crippen LogP contribution in [0.3, 0.4) is 0 Å². The van der Waals surface area contributed by atoms with E-state index in [-0.39, 0.29) is 5.82 Å². The molecular formula is C20H17FN4. The molecule has 5 rings (SSSR count). The number of fused-ring (bicyclic) bond motifs is 2. The van der Waals surface area contributed by atoms with Crippen molar-refractivity contribution in [2.24, 2.45) is 0 Å². The van der Waals surface area contributed by atoms with Crippen LogP contribution in [0.2, 0.25) is 0 Å². The molecule has 0 saturated heterocycles. The van der Waals surface area contributed by atoms with E-state index in [2.05, 4.69) is 14.5 Å². The third kappa shape index (κ3) is 2.30. The van der Waals surface area contributed by atoms with Gasteiger partial charge in [-0.3, -0.25) is 0 Å². The second-order valence-corrected chi connectivity index (χ2v) is 6.58. The number of imidazole rings is 1. The standard InChI is InChI=1S/C20H17FN4/c21-15-10-4-3-9-14(15)19-24-18-20(25(19)13-7-1-2-8-13)23-17-12-6-5-11-16(17)22-18/h3-6,9-13H,1-2,7-8H2. The summed E-state index contributed by atoms with van der Waals surface area (Å²) in [5.41, 5.74) is 3.51. The molecule has 0 amide bonds. The van der Waals surface area contributed by atoms with Crippen LogP contribution in [0.1, 0.15) is 31.7 Å². The molecule has 1 saturated carbocycles. The van der Waals surface area contributed by atoms with Gasteiger partial charge < -0.3 is 4.57 Å². The summed E-state index contributed by atoms with van der Waals surface area (Å²) in [5.74, 6) is 0.372. The fourth-order valence-corrected chi connectivity index (χ4v) is 3.81. The highest BCUT2D eigenvalue weighted by Crippen LogP contribution is 2.36. The third-order valence-electron chi connectivity index (χ3n) is 5.01.